The molecule has 0 atom stereocenters. The van der Waals surface area contributed by atoms with Crippen LogP contribution in [0.3, 0.4) is 0 Å². The van der Waals surface area contributed by atoms with Gasteiger partial charge in [0.2, 0.25) is 0 Å². The summed E-state index contributed by atoms with van der Waals surface area (Å²) in [7, 11) is 1.59. The summed E-state index contributed by atoms with van der Waals surface area (Å²) in [5, 5.41) is 14.4. The summed E-state index contributed by atoms with van der Waals surface area (Å²) in [6, 6.07) is 17.5. The zero-order valence-electron chi connectivity index (χ0n) is 13.4. The molecule has 0 bridgehead atoms. The Morgan fingerprint density at radius 2 is 1.60 bits per heavy atom. The first kappa shape index (κ1) is 16.7. The van der Waals surface area contributed by atoms with Crippen LogP contribution in [0.2, 0.25) is 5.02 Å². The van der Waals surface area contributed by atoms with E-state index in [0.717, 1.165) is 11.4 Å². The van der Waals surface area contributed by atoms with E-state index in [-0.39, 0.29) is 11.6 Å². The summed E-state index contributed by atoms with van der Waals surface area (Å²) >= 11 is 5.85. The van der Waals surface area contributed by atoms with Crippen LogP contribution in [-0.4, -0.2) is 23.2 Å². The maximum atomic E-state index is 12.2. The van der Waals surface area contributed by atoms with Gasteiger partial charge in [-0.05, 0) is 60.7 Å². The lowest BCUT2D eigenvalue weighted by atomic mass is 10.3. The van der Waals surface area contributed by atoms with Crippen LogP contribution >= 0.6 is 11.6 Å². The normalized spacial score (nSPS) is 10.2. The quantitative estimate of drug-likeness (QED) is 0.720. The Bertz CT molecular complexity index is 850. The third-order valence-electron chi connectivity index (χ3n) is 3.36. The number of aromatic nitrogens is 2. The standard InChI is InChI=1S/C18H15ClN4O2/c1-25-15-8-6-14(7-9-15)21-18(24)16-10-11-17(23-22-16)20-13-4-2-12(19)3-5-13/h2-11H,1H3,(H,20,23)(H,21,24). The van der Waals surface area contributed by atoms with Gasteiger partial charge in [0.05, 0.1) is 7.11 Å². The molecule has 0 fully saturated rings. The lowest BCUT2D eigenvalue weighted by Gasteiger charge is -2.07. The van der Waals surface area contributed by atoms with E-state index in [1.165, 1.54) is 0 Å². The number of benzene rings is 2. The third-order valence-corrected chi connectivity index (χ3v) is 3.61. The number of methoxy groups -OCH3 is 1. The van der Waals surface area contributed by atoms with Crippen LogP contribution in [0.1, 0.15) is 10.5 Å². The number of anilines is 3. The Morgan fingerprint density at radius 3 is 2.20 bits per heavy atom. The number of amides is 1. The van der Waals surface area contributed by atoms with Gasteiger partial charge >= 0.3 is 0 Å². The van der Waals surface area contributed by atoms with Crippen molar-refractivity contribution in [3.05, 3.63) is 71.4 Å². The number of carbonyl (C=O) groups is 1. The molecule has 0 saturated carbocycles. The molecule has 1 aromatic heterocycles. The van der Waals surface area contributed by atoms with Gasteiger partial charge in [-0.25, -0.2) is 0 Å². The summed E-state index contributed by atoms with van der Waals surface area (Å²) in [5.74, 6) is 0.912. The largest absolute Gasteiger partial charge is 0.497 e. The number of hydrogen-bond donors (Lipinski definition) is 2. The first-order valence-corrected chi connectivity index (χ1v) is 7.83. The Kier molecular flexibility index (Phi) is 5.11. The third kappa shape index (κ3) is 4.45. The predicted molar refractivity (Wildman–Crippen MR) is 97.7 cm³/mol. The minimum atomic E-state index is -0.337. The van der Waals surface area contributed by atoms with Crippen LogP contribution in [0.25, 0.3) is 0 Å². The van der Waals surface area contributed by atoms with Gasteiger partial charge in [0.15, 0.2) is 11.5 Å². The fourth-order valence-electron chi connectivity index (χ4n) is 2.07. The topological polar surface area (TPSA) is 76.1 Å². The first-order chi connectivity index (χ1) is 12.1. The molecule has 126 valence electrons. The zero-order chi connectivity index (χ0) is 17.6. The highest BCUT2D eigenvalue weighted by Gasteiger charge is 2.09. The molecule has 2 N–H and O–H groups in total. The van der Waals surface area contributed by atoms with E-state index in [0.29, 0.717) is 16.5 Å². The summed E-state index contributed by atoms with van der Waals surface area (Å²) < 4.78 is 5.08. The van der Waals surface area contributed by atoms with Crippen LogP contribution in [0.5, 0.6) is 5.75 Å². The Labute approximate surface area is 149 Å². The number of nitrogens with one attached hydrogen (secondary N) is 2. The molecular formula is C18H15ClN4O2. The highest BCUT2D eigenvalue weighted by Crippen LogP contribution is 2.18. The van der Waals surface area contributed by atoms with Crippen LogP contribution in [0.4, 0.5) is 17.2 Å². The van der Waals surface area contributed by atoms with Crippen LogP contribution in [0, 0.1) is 0 Å². The maximum Gasteiger partial charge on any atom is 0.276 e. The maximum absolute atomic E-state index is 12.2. The van der Waals surface area contributed by atoms with Gasteiger partial charge < -0.3 is 15.4 Å². The van der Waals surface area contributed by atoms with E-state index in [2.05, 4.69) is 20.8 Å². The molecular weight excluding hydrogens is 340 g/mol. The van der Waals surface area contributed by atoms with Crippen molar-refractivity contribution >= 4 is 34.7 Å². The fraction of sp³-hybridized carbons (Fsp3) is 0.0556. The molecule has 3 rings (SSSR count). The monoisotopic (exact) mass is 354 g/mol. The summed E-state index contributed by atoms with van der Waals surface area (Å²) in [4.78, 5) is 12.2. The molecule has 1 heterocycles. The first-order valence-electron chi connectivity index (χ1n) is 7.46. The van der Waals surface area contributed by atoms with E-state index in [1.807, 2.05) is 12.1 Å². The molecule has 0 aliphatic heterocycles. The molecule has 0 radical (unpaired) electrons. The van der Waals surface area contributed by atoms with E-state index in [4.69, 9.17) is 16.3 Å². The second kappa shape index (κ2) is 7.63. The van der Waals surface area contributed by atoms with E-state index in [1.54, 1.807) is 55.6 Å². The number of rotatable bonds is 5. The van der Waals surface area contributed by atoms with Crippen LogP contribution in [0.15, 0.2) is 60.7 Å². The predicted octanol–water partition coefficient (Wildman–Crippen LogP) is 4.13. The summed E-state index contributed by atoms with van der Waals surface area (Å²) in [6.07, 6.45) is 0. The summed E-state index contributed by atoms with van der Waals surface area (Å²) in [5.41, 5.74) is 1.70. The zero-order valence-corrected chi connectivity index (χ0v) is 14.1. The van der Waals surface area contributed by atoms with Crippen molar-refractivity contribution in [3.8, 4) is 5.75 Å². The molecule has 2 aromatic carbocycles. The van der Waals surface area contributed by atoms with Gasteiger partial charge in [-0.15, -0.1) is 10.2 Å². The van der Waals surface area contributed by atoms with Gasteiger partial charge in [0.1, 0.15) is 5.75 Å². The molecule has 25 heavy (non-hydrogen) atoms. The Morgan fingerprint density at radius 1 is 0.920 bits per heavy atom. The van der Waals surface area contributed by atoms with E-state index < -0.39 is 0 Å². The number of hydrogen-bond acceptors (Lipinski definition) is 5. The van der Waals surface area contributed by atoms with Crippen molar-refractivity contribution in [1.82, 2.24) is 10.2 Å². The van der Waals surface area contributed by atoms with Gasteiger partial charge in [0, 0.05) is 16.4 Å². The fourth-order valence-corrected chi connectivity index (χ4v) is 2.20. The van der Waals surface area contributed by atoms with Crippen molar-refractivity contribution in [2.24, 2.45) is 0 Å². The van der Waals surface area contributed by atoms with Gasteiger partial charge in [-0.2, -0.15) is 0 Å². The Balaban J connectivity index is 1.64. The molecule has 0 spiro atoms. The van der Waals surface area contributed by atoms with Crippen molar-refractivity contribution in [2.45, 2.75) is 0 Å². The van der Waals surface area contributed by atoms with E-state index in [9.17, 15) is 4.79 Å². The average Bonchev–Trinajstić information content (AvgIpc) is 2.65. The van der Waals surface area contributed by atoms with Crippen molar-refractivity contribution < 1.29 is 9.53 Å². The second-order valence-electron chi connectivity index (χ2n) is 5.12. The summed E-state index contributed by atoms with van der Waals surface area (Å²) in [6.45, 7) is 0. The number of halogens is 1. The molecule has 0 aliphatic carbocycles. The van der Waals surface area contributed by atoms with Crippen LogP contribution < -0.4 is 15.4 Å². The van der Waals surface area contributed by atoms with Crippen molar-refractivity contribution in [3.63, 3.8) is 0 Å². The van der Waals surface area contributed by atoms with Crippen molar-refractivity contribution in [1.29, 1.82) is 0 Å². The Hall–Kier alpha value is -3.12. The van der Waals surface area contributed by atoms with Gasteiger partial charge in [0.25, 0.3) is 5.91 Å². The highest BCUT2D eigenvalue weighted by atomic mass is 35.5. The minimum absolute atomic E-state index is 0.220. The lowest BCUT2D eigenvalue weighted by Crippen LogP contribution is -2.14. The highest BCUT2D eigenvalue weighted by molar-refractivity contribution is 6.30. The molecule has 0 saturated heterocycles. The second-order valence-corrected chi connectivity index (χ2v) is 5.55. The van der Waals surface area contributed by atoms with Gasteiger partial charge in [-0.3, -0.25) is 4.79 Å². The van der Waals surface area contributed by atoms with Gasteiger partial charge in [-0.1, -0.05) is 11.6 Å². The number of ether oxygens (including phenoxy) is 1. The molecule has 7 heteroatoms. The number of nitrogens with zero attached hydrogens (tertiary/aromatic N) is 2. The van der Waals surface area contributed by atoms with Crippen LogP contribution in [-0.2, 0) is 0 Å². The SMILES string of the molecule is COc1ccc(NC(=O)c2ccc(Nc3ccc(Cl)cc3)nn2)cc1. The lowest BCUT2D eigenvalue weighted by molar-refractivity contribution is 0.102. The molecule has 1 amide bonds. The molecule has 0 unspecified atom stereocenters. The average molecular weight is 355 g/mol. The molecule has 0 aliphatic rings. The smallest absolute Gasteiger partial charge is 0.276 e. The minimum Gasteiger partial charge on any atom is -0.497 e. The van der Waals surface area contributed by atoms with E-state index >= 15 is 0 Å². The molecule has 3 aromatic rings. The van der Waals surface area contributed by atoms with Crippen molar-refractivity contribution in [2.75, 3.05) is 17.7 Å². The number of carbonyl (C=O) groups excluding carboxylic acids is 1. The molecule has 6 nitrogen and oxygen atoms in total.